The third-order valence-corrected chi connectivity index (χ3v) is 4.80. The Hall–Kier alpha value is -1.02. The van der Waals surface area contributed by atoms with Gasteiger partial charge in [-0.2, -0.15) is 0 Å². The molecule has 1 radical (unpaired) electrons. The highest BCUT2D eigenvalue weighted by Gasteiger charge is 1.95. The van der Waals surface area contributed by atoms with Crippen LogP contribution in [0.5, 0.6) is 5.75 Å². The summed E-state index contributed by atoms with van der Waals surface area (Å²) in [4.78, 5) is 0. The van der Waals surface area contributed by atoms with E-state index in [0.29, 0.717) is 0 Å². The Morgan fingerprint density at radius 2 is 0.920 bits per heavy atom. The first-order valence-corrected chi connectivity index (χ1v) is 10.7. The zero-order chi connectivity index (χ0) is 17.8. The van der Waals surface area contributed by atoms with Gasteiger partial charge in [-0.15, -0.1) is 0 Å². The van der Waals surface area contributed by atoms with Crippen molar-refractivity contribution in [3.8, 4) is 5.75 Å². The van der Waals surface area contributed by atoms with Crippen molar-refractivity contribution in [2.75, 3.05) is 13.2 Å². The molecule has 0 saturated heterocycles. The van der Waals surface area contributed by atoms with Gasteiger partial charge in [-0.05, 0) is 25.0 Å². The van der Waals surface area contributed by atoms with Crippen LogP contribution in [0.1, 0.15) is 96.3 Å². The number of unbranched alkanes of at least 4 members (excludes halogenated alkanes) is 14. The van der Waals surface area contributed by atoms with Crippen LogP contribution >= 0.6 is 0 Å². The molecule has 2 nitrogen and oxygen atoms in total. The lowest BCUT2D eigenvalue weighted by atomic mass is 10.0. The van der Waals surface area contributed by atoms with Gasteiger partial charge in [0.15, 0.2) is 0 Å². The van der Waals surface area contributed by atoms with Crippen molar-refractivity contribution in [2.45, 2.75) is 96.3 Å². The summed E-state index contributed by atoms with van der Waals surface area (Å²) in [5, 5.41) is 10.3. The average Bonchev–Trinajstić information content (AvgIpc) is 2.65. The van der Waals surface area contributed by atoms with Crippen LogP contribution < -0.4 is 4.74 Å². The molecule has 0 N–H and O–H groups in total. The molecule has 0 fully saturated rings. The van der Waals surface area contributed by atoms with Crippen LogP contribution in [-0.4, -0.2) is 13.2 Å². The van der Waals surface area contributed by atoms with Gasteiger partial charge >= 0.3 is 0 Å². The van der Waals surface area contributed by atoms with E-state index in [1.807, 2.05) is 30.3 Å². The number of hydrogen-bond donors (Lipinski definition) is 0. The zero-order valence-corrected chi connectivity index (χ0v) is 16.2. The maximum absolute atomic E-state index is 10.3. The van der Waals surface area contributed by atoms with E-state index in [2.05, 4.69) is 0 Å². The van der Waals surface area contributed by atoms with Crippen molar-refractivity contribution < 1.29 is 9.84 Å². The van der Waals surface area contributed by atoms with E-state index in [1.165, 1.54) is 83.5 Å². The molecule has 2 heteroatoms. The van der Waals surface area contributed by atoms with E-state index < -0.39 is 0 Å². The molecule has 0 aliphatic rings. The standard InChI is InChI=1S/C23H39O2/c24-21-17-12-10-8-6-4-2-1-3-5-7-9-11-13-18-22-25-23-19-15-14-16-20-23/h14-16,19-20H,1-13,17-18,21-22H2. The molecular formula is C23H39O2. The van der Waals surface area contributed by atoms with Gasteiger partial charge < -0.3 is 4.74 Å². The summed E-state index contributed by atoms with van der Waals surface area (Å²) in [6.45, 7) is 0.961. The fourth-order valence-electron chi connectivity index (χ4n) is 3.21. The highest BCUT2D eigenvalue weighted by molar-refractivity contribution is 5.20. The Morgan fingerprint density at radius 3 is 1.36 bits per heavy atom. The SMILES string of the molecule is [O]CCCCCCCCCCCCCCCCCOc1ccccc1. The minimum absolute atomic E-state index is 0.113. The molecule has 0 saturated carbocycles. The van der Waals surface area contributed by atoms with E-state index in [1.54, 1.807) is 0 Å². The maximum Gasteiger partial charge on any atom is 0.119 e. The Balaban J connectivity index is 1.69. The summed E-state index contributed by atoms with van der Waals surface area (Å²) in [6.07, 6.45) is 19.6. The van der Waals surface area contributed by atoms with Crippen molar-refractivity contribution in [2.24, 2.45) is 0 Å². The van der Waals surface area contributed by atoms with Crippen molar-refractivity contribution in [3.63, 3.8) is 0 Å². The van der Waals surface area contributed by atoms with Gasteiger partial charge in [0.25, 0.3) is 0 Å². The topological polar surface area (TPSA) is 29.1 Å². The van der Waals surface area contributed by atoms with E-state index in [-0.39, 0.29) is 6.61 Å². The lowest BCUT2D eigenvalue weighted by Crippen LogP contribution is -1.96. The molecule has 0 amide bonds. The summed E-state index contributed by atoms with van der Waals surface area (Å²) in [5.41, 5.74) is 0. The molecule has 1 aromatic carbocycles. The molecule has 0 spiro atoms. The van der Waals surface area contributed by atoms with Crippen molar-refractivity contribution >= 4 is 0 Å². The summed E-state index contributed by atoms with van der Waals surface area (Å²) >= 11 is 0. The summed E-state index contributed by atoms with van der Waals surface area (Å²) in [7, 11) is 0. The van der Waals surface area contributed by atoms with E-state index >= 15 is 0 Å². The minimum Gasteiger partial charge on any atom is -0.494 e. The van der Waals surface area contributed by atoms with Gasteiger partial charge in [-0.3, -0.25) is 0 Å². The van der Waals surface area contributed by atoms with Crippen LogP contribution in [0, 0.1) is 0 Å². The quantitative estimate of drug-likeness (QED) is 0.255. The summed E-state index contributed by atoms with van der Waals surface area (Å²) in [6, 6.07) is 10.1. The molecule has 143 valence electrons. The molecule has 0 unspecified atom stereocenters. The van der Waals surface area contributed by atoms with Crippen molar-refractivity contribution in [3.05, 3.63) is 30.3 Å². The number of benzene rings is 1. The molecular weight excluding hydrogens is 308 g/mol. The number of hydrogen-bond acceptors (Lipinski definition) is 1. The predicted octanol–water partition coefficient (Wildman–Crippen LogP) is 7.35. The van der Waals surface area contributed by atoms with Gasteiger partial charge in [-0.1, -0.05) is 102 Å². The van der Waals surface area contributed by atoms with Gasteiger partial charge in [0.05, 0.1) is 13.2 Å². The third-order valence-electron chi connectivity index (χ3n) is 4.80. The number of para-hydroxylation sites is 1. The van der Waals surface area contributed by atoms with Crippen LogP contribution in [0.15, 0.2) is 30.3 Å². The molecule has 1 aromatic rings. The first kappa shape index (κ1) is 22.0. The molecule has 0 bridgehead atoms. The molecule has 0 aromatic heterocycles. The largest absolute Gasteiger partial charge is 0.494 e. The second-order valence-electron chi connectivity index (χ2n) is 7.17. The van der Waals surface area contributed by atoms with Crippen LogP contribution in [0.2, 0.25) is 0 Å². The van der Waals surface area contributed by atoms with Crippen molar-refractivity contribution in [1.29, 1.82) is 0 Å². The molecule has 25 heavy (non-hydrogen) atoms. The van der Waals surface area contributed by atoms with Crippen LogP contribution in [0.4, 0.5) is 0 Å². The highest BCUT2D eigenvalue weighted by atomic mass is 16.5. The van der Waals surface area contributed by atoms with E-state index in [9.17, 15) is 5.11 Å². The Kier molecular flexibility index (Phi) is 15.7. The normalized spacial score (nSPS) is 10.9. The Morgan fingerprint density at radius 1 is 0.520 bits per heavy atom. The highest BCUT2D eigenvalue weighted by Crippen LogP contribution is 2.14. The maximum atomic E-state index is 10.3. The van der Waals surface area contributed by atoms with Gasteiger partial charge in [0, 0.05) is 0 Å². The third kappa shape index (κ3) is 15.0. The lowest BCUT2D eigenvalue weighted by molar-refractivity contribution is 0.186. The Bertz CT molecular complexity index is 364. The molecule has 0 heterocycles. The van der Waals surface area contributed by atoms with E-state index in [0.717, 1.165) is 25.2 Å². The van der Waals surface area contributed by atoms with Crippen LogP contribution in [0.25, 0.3) is 0 Å². The van der Waals surface area contributed by atoms with E-state index in [4.69, 9.17) is 4.74 Å². The molecule has 0 aliphatic heterocycles. The molecule has 1 rings (SSSR count). The fourth-order valence-corrected chi connectivity index (χ4v) is 3.21. The van der Waals surface area contributed by atoms with Crippen LogP contribution in [-0.2, 0) is 5.11 Å². The fraction of sp³-hybridized carbons (Fsp3) is 0.739. The Labute approximate surface area is 156 Å². The van der Waals surface area contributed by atoms with Crippen molar-refractivity contribution in [1.82, 2.24) is 0 Å². The molecule has 0 atom stereocenters. The zero-order valence-electron chi connectivity index (χ0n) is 16.2. The monoisotopic (exact) mass is 347 g/mol. The second-order valence-corrected chi connectivity index (χ2v) is 7.17. The van der Waals surface area contributed by atoms with Crippen LogP contribution in [0.3, 0.4) is 0 Å². The second kappa shape index (κ2) is 17.8. The first-order chi connectivity index (χ1) is 12.4. The molecule has 0 aliphatic carbocycles. The smallest absolute Gasteiger partial charge is 0.119 e. The summed E-state index contributed by atoms with van der Waals surface area (Å²) in [5.74, 6) is 0.991. The van der Waals surface area contributed by atoms with Gasteiger partial charge in [0.2, 0.25) is 0 Å². The average molecular weight is 348 g/mol. The number of rotatable bonds is 18. The van der Waals surface area contributed by atoms with Gasteiger partial charge in [0.1, 0.15) is 5.75 Å². The lowest BCUT2D eigenvalue weighted by Gasteiger charge is -2.06. The minimum atomic E-state index is 0.113. The first-order valence-electron chi connectivity index (χ1n) is 10.7. The predicted molar refractivity (Wildman–Crippen MR) is 107 cm³/mol. The number of ether oxygens (including phenoxy) is 1. The van der Waals surface area contributed by atoms with Gasteiger partial charge in [-0.25, -0.2) is 5.11 Å². The summed E-state index contributed by atoms with van der Waals surface area (Å²) < 4.78 is 5.71.